The first-order chi connectivity index (χ1) is 12.0. The van der Waals surface area contributed by atoms with Crippen molar-refractivity contribution in [3.63, 3.8) is 0 Å². The minimum absolute atomic E-state index is 0.658. The van der Waals surface area contributed by atoms with Crippen LogP contribution in [0.15, 0.2) is 48.8 Å². The summed E-state index contributed by atoms with van der Waals surface area (Å²) >= 11 is 5.65. The van der Waals surface area contributed by atoms with E-state index in [1.807, 2.05) is 15.6 Å². The number of hydrogen-bond donors (Lipinski definition) is 0. The van der Waals surface area contributed by atoms with Crippen molar-refractivity contribution in [3.8, 4) is 5.69 Å². The summed E-state index contributed by atoms with van der Waals surface area (Å²) in [5, 5.41) is 4.49. The second-order valence-corrected chi connectivity index (χ2v) is 7.02. The minimum atomic E-state index is 0.658. The molecule has 5 heteroatoms. The van der Waals surface area contributed by atoms with E-state index >= 15 is 0 Å². The molecule has 0 aliphatic heterocycles. The van der Waals surface area contributed by atoms with Gasteiger partial charge in [0.25, 0.3) is 0 Å². The van der Waals surface area contributed by atoms with Crippen molar-refractivity contribution in [2.24, 2.45) is 0 Å². The fourth-order valence-corrected chi connectivity index (χ4v) is 3.28. The van der Waals surface area contributed by atoms with Gasteiger partial charge in [-0.25, -0.2) is 4.68 Å². The number of rotatable bonds is 5. The molecule has 0 amide bonds. The van der Waals surface area contributed by atoms with Gasteiger partial charge in [0, 0.05) is 6.54 Å². The van der Waals surface area contributed by atoms with Crippen LogP contribution in [0.25, 0.3) is 5.69 Å². The molecule has 0 saturated heterocycles. The summed E-state index contributed by atoms with van der Waals surface area (Å²) in [4.78, 5) is 2.22. The van der Waals surface area contributed by atoms with Gasteiger partial charge in [0.2, 0.25) is 4.77 Å². The number of aryl methyl sites for hydroxylation is 3. The van der Waals surface area contributed by atoms with Crippen LogP contribution in [0, 0.1) is 25.5 Å². The Bertz CT molecular complexity index is 939. The number of nitrogens with zero attached hydrogens (tertiary/aromatic N) is 4. The molecular formula is C20H24N4S. The van der Waals surface area contributed by atoms with E-state index in [1.165, 1.54) is 22.3 Å². The smallest absolute Gasteiger partial charge is 0.203 e. The van der Waals surface area contributed by atoms with Crippen molar-refractivity contribution in [2.75, 3.05) is 7.05 Å². The van der Waals surface area contributed by atoms with Crippen LogP contribution in [-0.2, 0) is 13.2 Å². The maximum absolute atomic E-state index is 5.65. The standard InChI is InChI=1S/C20H24N4S/c1-15-9-10-19(17(3)11-15)23-13-21-24(20(23)25)14-22(4)12-18-8-6-5-7-16(18)2/h5-11,13H,12,14H2,1-4H3. The summed E-state index contributed by atoms with van der Waals surface area (Å²) in [6, 6.07) is 14.8. The predicted octanol–water partition coefficient (Wildman–Crippen LogP) is 4.42. The number of benzene rings is 2. The zero-order valence-electron chi connectivity index (χ0n) is 15.2. The highest BCUT2D eigenvalue weighted by Gasteiger charge is 2.09. The lowest BCUT2D eigenvalue weighted by Gasteiger charge is -2.17. The lowest BCUT2D eigenvalue weighted by Crippen LogP contribution is -2.23. The second kappa shape index (κ2) is 7.33. The highest BCUT2D eigenvalue weighted by molar-refractivity contribution is 7.71. The molecule has 0 atom stereocenters. The van der Waals surface area contributed by atoms with Gasteiger partial charge < -0.3 is 0 Å². The Morgan fingerprint density at radius 3 is 2.52 bits per heavy atom. The van der Waals surface area contributed by atoms with Gasteiger partial charge in [0.1, 0.15) is 6.33 Å². The van der Waals surface area contributed by atoms with Crippen LogP contribution in [0.1, 0.15) is 22.3 Å². The molecule has 2 aromatic carbocycles. The minimum Gasteiger partial charge on any atom is -0.283 e. The van der Waals surface area contributed by atoms with E-state index in [4.69, 9.17) is 12.2 Å². The third-order valence-corrected chi connectivity index (χ3v) is 4.83. The van der Waals surface area contributed by atoms with Crippen LogP contribution in [0.3, 0.4) is 0 Å². The van der Waals surface area contributed by atoms with E-state index in [0.29, 0.717) is 11.4 Å². The molecule has 0 aliphatic rings. The molecule has 0 radical (unpaired) electrons. The van der Waals surface area contributed by atoms with Crippen molar-refractivity contribution in [1.29, 1.82) is 0 Å². The molecule has 3 rings (SSSR count). The van der Waals surface area contributed by atoms with Crippen molar-refractivity contribution in [3.05, 3.63) is 75.8 Å². The topological polar surface area (TPSA) is 26.0 Å². The fourth-order valence-electron chi connectivity index (χ4n) is 3.03. The van der Waals surface area contributed by atoms with Crippen LogP contribution in [0.4, 0.5) is 0 Å². The first kappa shape index (κ1) is 17.6. The van der Waals surface area contributed by atoms with Crippen LogP contribution >= 0.6 is 12.2 Å². The van der Waals surface area contributed by atoms with Crippen molar-refractivity contribution in [2.45, 2.75) is 34.0 Å². The second-order valence-electron chi connectivity index (χ2n) is 6.66. The number of hydrogen-bond acceptors (Lipinski definition) is 3. The highest BCUT2D eigenvalue weighted by atomic mass is 32.1. The third-order valence-electron chi connectivity index (χ3n) is 4.42. The molecule has 130 valence electrons. The highest BCUT2D eigenvalue weighted by Crippen LogP contribution is 2.16. The molecule has 4 nitrogen and oxygen atoms in total. The summed E-state index contributed by atoms with van der Waals surface area (Å²) in [5.74, 6) is 0. The zero-order chi connectivity index (χ0) is 18.0. The average Bonchev–Trinajstić information content (AvgIpc) is 2.91. The zero-order valence-corrected chi connectivity index (χ0v) is 16.0. The largest absolute Gasteiger partial charge is 0.283 e. The van der Waals surface area contributed by atoms with E-state index in [0.717, 1.165) is 12.2 Å². The van der Waals surface area contributed by atoms with Crippen molar-refractivity contribution >= 4 is 12.2 Å². The molecule has 25 heavy (non-hydrogen) atoms. The Hall–Kier alpha value is -2.24. The number of aromatic nitrogens is 3. The molecule has 3 aromatic rings. The van der Waals surface area contributed by atoms with E-state index in [-0.39, 0.29) is 0 Å². The first-order valence-electron chi connectivity index (χ1n) is 8.41. The van der Waals surface area contributed by atoms with Crippen molar-refractivity contribution in [1.82, 2.24) is 19.2 Å². The lowest BCUT2D eigenvalue weighted by atomic mass is 10.1. The molecule has 0 aliphatic carbocycles. The summed E-state index contributed by atoms with van der Waals surface area (Å²) in [5.41, 5.74) is 6.16. The van der Waals surface area contributed by atoms with Gasteiger partial charge in [-0.15, -0.1) is 0 Å². The molecule has 0 unspecified atom stereocenters. The normalized spacial score (nSPS) is 11.2. The first-order valence-corrected chi connectivity index (χ1v) is 8.81. The molecule has 0 N–H and O–H groups in total. The Labute approximate surface area is 154 Å². The van der Waals surface area contributed by atoms with Gasteiger partial charge in [-0.3, -0.25) is 9.47 Å². The van der Waals surface area contributed by atoms with E-state index in [2.05, 4.69) is 80.3 Å². The van der Waals surface area contributed by atoms with Gasteiger partial charge >= 0.3 is 0 Å². The third kappa shape index (κ3) is 3.89. The van der Waals surface area contributed by atoms with Crippen LogP contribution in [0.5, 0.6) is 0 Å². The van der Waals surface area contributed by atoms with Crippen LogP contribution in [-0.4, -0.2) is 26.3 Å². The summed E-state index contributed by atoms with van der Waals surface area (Å²) in [6.07, 6.45) is 1.81. The maximum atomic E-state index is 5.65. The molecule has 0 spiro atoms. The Balaban J connectivity index is 1.79. The average molecular weight is 353 g/mol. The summed E-state index contributed by atoms with van der Waals surface area (Å²) in [7, 11) is 2.09. The Kier molecular flexibility index (Phi) is 5.16. The quantitative estimate of drug-likeness (QED) is 0.636. The molecule has 1 heterocycles. The molecule has 0 fully saturated rings. The molecule has 0 bridgehead atoms. The Morgan fingerprint density at radius 1 is 1.04 bits per heavy atom. The summed E-state index contributed by atoms with van der Waals surface area (Å²) < 4.78 is 4.56. The molecular weight excluding hydrogens is 328 g/mol. The molecule has 1 aromatic heterocycles. The van der Waals surface area contributed by atoms with Crippen molar-refractivity contribution < 1.29 is 0 Å². The van der Waals surface area contributed by atoms with E-state index < -0.39 is 0 Å². The van der Waals surface area contributed by atoms with E-state index in [1.54, 1.807) is 0 Å². The van der Waals surface area contributed by atoms with Gasteiger partial charge in [0.15, 0.2) is 0 Å². The van der Waals surface area contributed by atoms with Gasteiger partial charge in [-0.1, -0.05) is 42.0 Å². The van der Waals surface area contributed by atoms with E-state index in [9.17, 15) is 0 Å². The van der Waals surface area contributed by atoms with Crippen LogP contribution < -0.4 is 0 Å². The predicted molar refractivity (Wildman–Crippen MR) is 105 cm³/mol. The SMILES string of the molecule is Cc1ccc(-n2cnn(CN(C)Cc3ccccc3C)c2=S)c(C)c1. The fraction of sp³-hybridized carbons (Fsp3) is 0.300. The van der Waals surface area contributed by atoms with Gasteiger partial charge in [-0.05, 0) is 62.8 Å². The monoisotopic (exact) mass is 352 g/mol. The lowest BCUT2D eigenvalue weighted by molar-refractivity contribution is 0.243. The molecule has 0 saturated carbocycles. The van der Waals surface area contributed by atoms with Gasteiger partial charge in [-0.2, -0.15) is 5.10 Å². The van der Waals surface area contributed by atoms with Crippen LogP contribution in [0.2, 0.25) is 0 Å². The van der Waals surface area contributed by atoms with Gasteiger partial charge in [0.05, 0.1) is 12.4 Å². The Morgan fingerprint density at radius 2 is 1.80 bits per heavy atom. The maximum Gasteiger partial charge on any atom is 0.203 e. The summed E-state index contributed by atoms with van der Waals surface area (Å²) in [6.45, 7) is 7.87.